The molecular formula is C15H21NO4. The average Bonchev–Trinajstić information content (AvgIpc) is 2.47. The third-order valence-electron chi connectivity index (χ3n) is 2.98. The number of carbonyl (C=O) groups excluding carboxylic acids is 2. The quantitative estimate of drug-likeness (QED) is 0.712. The van der Waals surface area contributed by atoms with Crippen LogP contribution in [0.15, 0.2) is 24.3 Å². The first-order valence-electron chi connectivity index (χ1n) is 6.67. The van der Waals surface area contributed by atoms with Gasteiger partial charge in [-0.05, 0) is 31.5 Å². The Morgan fingerprint density at radius 2 is 1.70 bits per heavy atom. The normalized spacial score (nSPS) is 9.95. The van der Waals surface area contributed by atoms with E-state index in [1.54, 1.807) is 29.2 Å². The molecule has 20 heavy (non-hydrogen) atoms. The summed E-state index contributed by atoms with van der Waals surface area (Å²) in [6.45, 7) is 5.25. The lowest BCUT2D eigenvalue weighted by molar-refractivity contribution is -0.139. The predicted octanol–water partition coefficient (Wildman–Crippen LogP) is 1.65. The van der Waals surface area contributed by atoms with Crippen LogP contribution in [0, 0.1) is 0 Å². The molecule has 0 unspecified atom stereocenters. The van der Waals surface area contributed by atoms with Crippen LogP contribution in [0.25, 0.3) is 0 Å². The molecule has 1 rings (SSSR count). The molecule has 0 heterocycles. The van der Waals surface area contributed by atoms with Crippen LogP contribution in [0.2, 0.25) is 0 Å². The molecule has 0 fully saturated rings. The number of esters is 1. The number of hydrogen-bond donors (Lipinski definition) is 0. The van der Waals surface area contributed by atoms with Crippen molar-refractivity contribution >= 4 is 11.9 Å². The molecule has 0 bridgehead atoms. The van der Waals surface area contributed by atoms with E-state index in [0.717, 1.165) is 5.56 Å². The summed E-state index contributed by atoms with van der Waals surface area (Å²) in [6.07, 6.45) is 0.231. The molecule has 1 aromatic carbocycles. The second-order valence-electron chi connectivity index (χ2n) is 4.25. The second kappa shape index (κ2) is 8.19. The minimum Gasteiger partial charge on any atom is -0.484 e. The minimum atomic E-state index is -0.282. The maximum absolute atomic E-state index is 11.8. The van der Waals surface area contributed by atoms with Crippen molar-refractivity contribution in [1.82, 2.24) is 4.90 Å². The first-order chi connectivity index (χ1) is 9.60. The van der Waals surface area contributed by atoms with Gasteiger partial charge in [-0.3, -0.25) is 9.59 Å². The number of rotatable bonds is 7. The Morgan fingerprint density at radius 1 is 1.10 bits per heavy atom. The molecule has 0 aliphatic rings. The summed E-state index contributed by atoms with van der Waals surface area (Å²) in [5.74, 6) is 0.295. The molecule has 1 amide bonds. The van der Waals surface area contributed by atoms with Crippen LogP contribution in [-0.4, -0.2) is 43.6 Å². The molecule has 1 aromatic rings. The van der Waals surface area contributed by atoms with E-state index in [1.807, 2.05) is 13.8 Å². The van der Waals surface area contributed by atoms with E-state index in [0.29, 0.717) is 18.8 Å². The van der Waals surface area contributed by atoms with Gasteiger partial charge >= 0.3 is 5.97 Å². The van der Waals surface area contributed by atoms with Crippen LogP contribution >= 0.6 is 0 Å². The maximum atomic E-state index is 11.8. The number of likely N-dealkylation sites (N-methyl/N-ethyl adjacent to an activating group) is 1. The molecule has 0 spiro atoms. The van der Waals surface area contributed by atoms with Crippen molar-refractivity contribution < 1.29 is 19.1 Å². The fourth-order valence-electron chi connectivity index (χ4n) is 1.76. The molecule has 5 heteroatoms. The van der Waals surface area contributed by atoms with Crippen LogP contribution in [0.1, 0.15) is 19.4 Å². The number of carbonyl (C=O) groups is 2. The lowest BCUT2D eigenvalue weighted by Gasteiger charge is -2.18. The second-order valence-corrected chi connectivity index (χ2v) is 4.25. The molecule has 5 nitrogen and oxygen atoms in total. The fourth-order valence-corrected chi connectivity index (χ4v) is 1.76. The van der Waals surface area contributed by atoms with Crippen LogP contribution in [0.5, 0.6) is 5.75 Å². The topological polar surface area (TPSA) is 55.8 Å². The van der Waals surface area contributed by atoms with E-state index in [1.165, 1.54) is 7.11 Å². The van der Waals surface area contributed by atoms with Gasteiger partial charge in [-0.25, -0.2) is 0 Å². The molecule has 0 saturated heterocycles. The highest BCUT2D eigenvalue weighted by Crippen LogP contribution is 2.13. The first kappa shape index (κ1) is 16.0. The molecule has 0 atom stereocenters. The smallest absolute Gasteiger partial charge is 0.309 e. The van der Waals surface area contributed by atoms with Crippen LogP contribution in [-0.2, 0) is 20.7 Å². The Bertz CT molecular complexity index is 438. The van der Waals surface area contributed by atoms with Gasteiger partial charge in [-0.2, -0.15) is 0 Å². The molecule has 0 N–H and O–H groups in total. The van der Waals surface area contributed by atoms with Crippen molar-refractivity contribution in [2.45, 2.75) is 20.3 Å². The lowest BCUT2D eigenvalue weighted by Crippen LogP contribution is -2.34. The molecule has 0 radical (unpaired) electrons. The largest absolute Gasteiger partial charge is 0.484 e. The van der Waals surface area contributed by atoms with Gasteiger partial charge in [0.25, 0.3) is 5.91 Å². The van der Waals surface area contributed by atoms with Crippen molar-refractivity contribution in [2.75, 3.05) is 26.8 Å². The Balaban J connectivity index is 2.49. The van der Waals surface area contributed by atoms with E-state index in [2.05, 4.69) is 4.74 Å². The highest BCUT2D eigenvalue weighted by Gasteiger charge is 2.10. The fraction of sp³-hybridized carbons (Fsp3) is 0.467. The Labute approximate surface area is 119 Å². The van der Waals surface area contributed by atoms with Crippen molar-refractivity contribution in [3.8, 4) is 5.75 Å². The highest BCUT2D eigenvalue weighted by molar-refractivity contribution is 5.77. The van der Waals surface area contributed by atoms with Crippen molar-refractivity contribution in [1.29, 1.82) is 0 Å². The van der Waals surface area contributed by atoms with Crippen LogP contribution in [0.4, 0.5) is 0 Å². The summed E-state index contributed by atoms with van der Waals surface area (Å²) in [4.78, 5) is 24.6. The first-order valence-corrected chi connectivity index (χ1v) is 6.67. The minimum absolute atomic E-state index is 0.0258. The summed E-state index contributed by atoms with van der Waals surface area (Å²) in [7, 11) is 1.36. The summed E-state index contributed by atoms with van der Waals surface area (Å²) < 4.78 is 10.0. The summed E-state index contributed by atoms with van der Waals surface area (Å²) >= 11 is 0. The lowest BCUT2D eigenvalue weighted by atomic mass is 10.1. The third kappa shape index (κ3) is 4.91. The zero-order chi connectivity index (χ0) is 15.0. The molecular weight excluding hydrogens is 258 g/mol. The Kier molecular flexibility index (Phi) is 6.56. The van der Waals surface area contributed by atoms with E-state index < -0.39 is 0 Å². The van der Waals surface area contributed by atoms with Gasteiger partial charge in [-0.15, -0.1) is 0 Å². The van der Waals surface area contributed by atoms with Gasteiger partial charge in [0.1, 0.15) is 5.75 Å². The standard InChI is InChI=1S/C15H21NO4/c1-4-16(5-2)14(17)11-20-13-8-6-12(7-9-13)10-15(18)19-3/h6-9H,4-5,10-11H2,1-3H3. The SMILES string of the molecule is CCN(CC)C(=O)COc1ccc(CC(=O)OC)cc1. The Hall–Kier alpha value is -2.04. The van der Waals surface area contributed by atoms with Crippen molar-refractivity contribution in [2.24, 2.45) is 0 Å². The summed E-state index contributed by atoms with van der Waals surface area (Å²) in [5.41, 5.74) is 0.847. The van der Waals surface area contributed by atoms with Crippen LogP contribution < -0.4 is 4.74 Å². The number of nitrogens with zero attached hydrogens (tertiary/aromatic N) is 1. The van der Waals surface area contributed by atoms with Gasteiger partial charge < -0.3 is 14.4 Å². The number of methoxy groups -OCH3 is 1. The maximum Gasteiger partial charge on any atom is 0.309 e. The van der Waals surface area contributed by atoms with Gasteiger partial charge in [0.05, 0.1) is 13.5 Å². The zero-order valence-corrected chi connectivity index (χ0v) is 12.2. The van der Waals surface area contributed by atoms with Crippen LogP contribution in [0.3, 0.4) is 0 Å². The number of amides is 1. The molecule has 0 aromatic heterocycles. The Morgan fingerprint density at radius 3 is 2.20 bits per heavy atom. The van der Waals surface area contributed by atoms with Gasteiger partial charge in [0.2, 0.25) is 0 Å². The number of benzene rings is 1. The monoisotopic (exact) mass is 279 g/mol. The van der Waals surface area contributed by atoms with E-state index in [4.69, 9.17) is 4.74 Å². The van der Waals surface area contributed by atoms with E-state index >= 15 is 0 Å². The molecule has 0 aliphatic heterocycles. The summed E-state index contributed by atoms with van der Waals surface area (Å²) in [6, 6.07) is 7.06. The van der Waals surface area contributed by atoms with Crippen molar-refractivity contribution in [3.05, 3.63) is 29.8 Å². The van der Waals surface area contributed by atoms with Gasteiger partial charge in [0, 0.05) is 13.1 Å². The van der Waals surface area contributed by atoms with Gasteiger partial charge in [0.15, 0.2) is 6.61 Å². The molecule has 0 saturated carbocycles. The van der Waals surface area contributed by atoms with Gasteiger partial charge in [-0.1, -0.05) is 12.1 Å². The highest BCUT2D eigenvalue weighted by atomic mass is 16.5. The van der Waals surface area contributed by atoms with E-state index in [9.17, 15) is 9.59 Å². The van der Waals surface area contributed by atoms with Crippen molar-refractivity contribution in [3.63, 3.8) is 0 Å². The predicted molar refractivity (Wildman–Crippen MR) is 75.6 cm³/mol. The number of ether oxygens (including phenoxy) is 2. The third-order valence-corrected chi connectivity index (χ3v) is 2.98. The van der Waals surface area contributed by atoms with E-state index in [-0.39, 0.29) is 24.9 Å². The number of hydrogen-bond acceptors (Lipinski definition) is 4. The summed E-state index contributed by atoms with van der Waals surface area (Å²) in [5, 5.41) is 0. The zero-order valence-electron chi connectivity index (χ0n) is 12.2. The average molecular weight is 279 g/mol. The molecule has 110 valence electrons. The molecule has 0 aliphatic carbocycles.